The van der Waals surface area contributed by atoms with Crippen molar-refractivity contribution in [3.63, 3.8) is 0 Å². The van der Waals surface area contributed by atoms with Crippen LogP contribution < -0.4 is 14.8 Å². The van der Waals surface area contributed by atoms with Crippen molar-refractivity contribution >= 4 is 17.7 Å². The molecule has 30 heavy (non-hydrogen) atoms. The second-order valence-electron chi connectivity index (χ2n) is 7.81. The molecule has 2 aliphatic rings. The van der Waals surface area contributed by atoms with Gasteiger partial charge < -0.3 is 14.8 Å². The Labute approximate surface area is 180 Å². The van der Waals surface area contributed by atoms with Crippen molar-refractivity contribution in [1.82, 2.24) is 10.2 Å². The number of nitrogens with one attached hydrogen (secondary N) is 1. The van der Waals surface area contributed by atoms with E-state index in [4.69, 9.17) is 9.47 Å². The van der Waals surface area contributed by atoms with Crippen LogP contribution >= 0.6 is 11.8 Å². The summed E-state index contributed by atoms with van der Waals surface area (Å²) in [5, 5.41) is 3.41. The van der Waals surface area contributed by atoms with E-state index in [1.807, 2.05) is 18.2 Å². The zero-order valence-electron chi connectivity index (χ0n) is 17.3. The Kier molecular flexibility index (Phi) is 6.49. The molecule has 1 amide bonds. The Morgan fingerprint density at radius 2 is 1.93 bits per heavy atom. The lowest BCUT2D eigenvalue weighted by molar-refractivity contribution is -0.125. The van der Waals surface area contributed by atoms with Gasteiger partial charge in [0.1, 0.15) is 5.82 Å². The Morgan fingerprint density at radius 3 is 2.60 bits per heavy atom. The molecule has 160 valence electrons. The molecule has 7 heteroatoms. The molecule has 0 radical (unpaired) electrons. The van der Waals surface area contributed by atoms with E-state index in [0.29, 0.717) is 24.1 Å². The Morgan fingerprint density at radius 1 is 1.17 bits per heavy atom. The molecule has 0 spiro atoms. The van der Waals surface area contributed by atoms with Gasteiger partial charge in [0.15, 0.2) is 11.5 Å². The van der Waals surface area contributed by atoms with Crippen molar-refractivity contribution in [2.24, 2.45) is 0 Å². The zero-order valence-corrected chi connectivity index (χ0v) is 18.1. The van der Waals surface area contributed by atoms with Crippen LogP contribution in [0.3, 0.4) is 0 Å². The number of hydrogen-bond donors (Lipinski definition) is 1. The summed E-state index contributed by atoms with van der Waals surface area (Å²) in [5.74, 6) is 1.25. The molecule has 1 aliphatic carbocycles. The third-order valence-electron chi connectivity index (χ3n) is 5.57. The summed E-state index contributed by atoms with van der Waals surface area (Å²) in [6.07, 6.45) is 2.89. The number of nitrogens with zero attached hydrogens (tertiary/aromatic N) is 1. The van der Waals surface area contributed by atoms with E-state index < -0.39 is 0 Å². The quantitative estimate of drug-likeness (QED) is 0.689. The molecule has 0 unspecified atom stereocenters. The topological polar surface area (TPSA) is 50.8 Å². The summed E-state index contributed by atoms with van der Waals surface area (Å²) in [6, 6.07) is 12.5. The van der Waals surface area contributed by atoms with E-state index in [2.05, 4.69) is 10.2 Å². The number of hydrogen-bond acceptors (Lipinski definition) is 5. The molecular weight excluding hydrogens is 403 g/mol. The zero-order chi connectivity index (χ0) is 21.1. The van der Waals surface area contributed by atoms with Crippen LogP contribution in [-0.4, -0.2) is 48.9 Å². The molecule has 1 heterocycles. The molecule has 1 saturated heterocycles. The summed E-state index contributed by atoms with van der Waals surface area (Å²) in [6.45, 7) is 1.37. The van der Waals surface area contributed by atoms with Gasteiger partial charge in [0.05, 0.1) is 20.3 Å². The van der Waals surface area contributed by atoms with Crippen molar-refractivity contribution in [2.75, 3.05) is 20.8 Å². The van der Waals surface area contributed by atoms with Gasteiger partial charge >= 0.3 is 0 Å². The SMILES string of the molecule is COc1cccc(CN2C[C@@H](Sc3ccc(F)cc3)C[C@H]2C(=O)NC2CC2)c1OC. The molecule has 2 aromatic carbocycles. The van der Waals surface area contributed by atoms with Crippen molar-refractivity contribution in [3.05, 3.63) is 53.8 Å². The average molecular weight is 431 g/mol. The normalized spacial score (nSPS) is 21.4. The fourth-order valence-electron chi connectivity index (χ4n) is 3.92. The lowest BCUT2D eigenvalue weighted by Crippen LogP contribution is -2.43. The van der Waals surface area contributed by atoms with E-state index in [9.17, 15) is 9.18 Å². The van der Waals surface area contributed by atoms with Crippen LogP contribution in [0.15, 0.2) is 47.4 Å². The molecule has 2 fully saturated rings. The first-order valence-electron chi connectivity index (χ1n) is 10.2. The van der Waals surface area contributed by atoms with Crippen molar-refractivity contribution in [2.45, 2.75) is 48.0 Å². The van der Waals surface area contributed by atoms with Gasteiger partial charge in [0, 0.05) is 34.8 Å². The fourth-order valence-corrected chi connectivity index (χ4v) is 5.14. The number of amides is 1. The van der Waals surface area contributed by atoms with Crippen LogP contribution in [0.5, 0.6) is 11.5 Å². The molecule has 1 N–H and O–H groups in total. The van der Waals surface area contributed by atoms with Gasteiger partial charge in [0.2, 0.25) is 5.91 Å². The summed E-state index contributed by atoms with van der Waals surface area (Å²) in [7, 11) is 3.26. The highest BCUT2D eigenvalue weighted by molar-refractivity contribution is 8.00. The van der Waals surface area contributed by atoms with E-state index in [1.165, 1.54) is 12.1 Å². The number of carbonyl (C=O) groups excluding carboxylic acids is 1. The molecule has 0 aromatic heterocycles. The smallest absolute Gasteiger partial charge is 0.237 e. The average Bonchev–Trinajstić information content (AvgIpc) is 3.48. The summed E-state index contributed by atoms with van der Waals surface area (Å²) >= 11 is 1.70. The maximum atomic E-state index is 13.2. The maximum absolute atomic E-state index is 13.2. The minimum absolute atomic E-state index is 0.0987. The van der Waals surface area contributed by atoms with E-state index >= 15 is 0 Å². The predicted octanol–water partition coefficient (Wildman–Crippen LogP) is 3.86. The highest BCUT2D eigenvalue weighted by Crippen LogP contribution is 2.37. The van der Waals surface area contributed by atoms with E-state index in [0.717, 1.165) is 36.3 Å². The third-order valence-corrected chi connectivity index (χ3v) is 6.78. The summed E-state index contributed by atoms with van der Waals surface area (Å²) in [5.41, 5.74) is 0.994. The van der Waals surface area contributed by atoms with Gasteiger partial charge in [-0.15, -0.1) is 11.8 Å². The number of ether oxygens (including phenoxy) is 2. The number of rotatable bonds is 8. The standard InChI is InChI=1S/C23H27FN2O3S/c1-28-21-5-3-4-15(22(21)29-2)13-26-14-19(30-18-10-6-16(24)7-11-18)12-20(26)23(27)25-17-8-9-17/h3-7,10-11,17,19-20H,8-9,12-14H2,1-2H3,(H,25,27)/t19-,20-/m0/s1. The summed E-state index contributed by atoms with van der Waals surface area (Å²) < 4.78 is 24.3. The molecule has 0 bridgehead atoms. The van der Waals surface area contributed by atoms with Gasteiger partial charge in [-0.2, -0.15) is 0 Å². The van der Waals surface area contributed by atoms with Crippen molar-refractivity contribution in [3.8, 4) is 11.5 Å². The largest absolute Gasteiger partial charge is 0.493 e. The fraction of sp³-hybridized carbons (Fsp3) is 0.435. The Bertz CT molecular complexity index is 889. The number of para-hydroxylation sites is 1. The second kappa shape index (κ2) is 9.27. The molecule has 2 aromatic rings. The number of carbonyl (C=O) groups is 1. The van der Waals surface area contributed by atoms with Gasteiger partial charge in [-0.25, -0.2) is 4.39 Å². The van der Waals surface area contributed by atoms with Crippen molar-refractivity contribution in [1.29, 1.82) is 0 Å². The predicted molar refractivity (Wildman–Crippen MR) is 116 cm³/mol. The molecular formula is C23H27FN2O3S. The van der Waals surface area contributed by atoms with E-state index in [1.54, 1.807) is 38.1 Å². The van der Waals surface area contributed by atoms with Crippen LogP contribution in [0.25, 0.3) is 0 Å². The van der Waals surface area contributed by atoms with Gasteiger partial charge in [-0.3, -0.25) is 9.69 Å². The maximum Gasteiger partial charge on any atom is 0.237 e. The minimum atomic E-state index is -0.237. The van der Waals surface area contributed by atoms with Gasteiger partial charge in [0.25, 0.3) is 0 Å². The first kappa shape index (κ1) is 21.0. The molecule has 4 rings (SSSR count). The molecule has 5 nitrogen and oxygen atoms in total. The highest BCUT2D eigenvalue weighted by Gasteiger charge is 2.39. The highest BCUT2D eigenvalue weighted by atomic mass is 32.2. The van der Waals surface area contributed by atoms with Crippen LogP contribution in [0.1, 0.15) is 24.8 Å². The number of halogens is 1. The van der Waals surface area contributed by atoms with Crippen LogP contribution in [0, 0.1) is 5.82 Å². The molecule has 1 saturated carbocycles. The number of methoxy groups -OCH3 is 2. The first-order chi connectivity index (χ1) is 14.6. The second-order valence-corrected chi connectivity index (χ2v) is 9.18. The molecule has 1 aliphatic heterocycles. The number of likely N-dealkylation sites (tertiary alicyclic amines) is 1. The lowest BCUT2D eigenvalue weighted by atomic mass is 10.1. The van der Waals surface area contributed by atoms with Crippen LogP contribution in [0.4, 0.5) is 4.39 Å². The van der Waals surface area contributed by atoms with Crippen LogP contribution in [-0.2, 0) is 11.3 Å². The van der Waals surface area contributed by atoms with Crippen LogP contribution in [0.2, 0.25) is 0 Å². The van der Waals surface area contributed by atoms with Gasteiger partial charge in [-0.1, -0.05) is 12.1 Å². The monoisotopic (exact) mass is 430 g/mol. The van der Waals surface area contributed by atoms with E-state index in [-0.39, 0.29) is 23.0 Å². The minimum Gasteiger partial charge on any atom is -0.493 e. The summed E-state index contributed by atoms with van der Waals surface area (Å²) in [4.78, 5) is 16.2. The number of thioether (sulfide) groups is 1. The van der Waals surface area contributed by atoms with Gasteiger partial charge in [-0.05, 0) is 49.6 Å². The number of benzene rings is 2. The Balaban J connectivity index is 1.52. The molecule has 2 atom stereocenters. The lowest BCUT2D eigenvalue weighted by Gasteiger charge is -2.25. The Hall–Kier alpha value is -2.25. The first-order valence-corrected chi connectivity index (χ1v) is 11.1. The van der Waals surface area contributed by atoms with Crippen molar-refractivity contribution < 1.29 is 18.7 Å². The third kappa shape index (κ3) is 4.90.